The second-order valence-electron chi connectivity index (χ2n) is 6.70. The van der Waals surface area contributed by atoms with Crippen molar-refractivity contribution in [2.24, 2.45) is 0 Å². The number of amides is 2. The highest BCUT2D eigenvalue weighted by molar-refractivity contribution is 5.94. The van der Waals surface area contributed by atoms with Crippen LogP contribution in [0.25, 0.3) is 0 Å². The van der Waals surface area contributed by atoms with Gasteiger partial charge in [-0.1, -0.05) is 49.4 Å². The Kier molecular flexibility index (Phi) is 6.60. The van der Waals surface area contributed by atoms with Crippen LogP contribution in [0.2, 0.25) is 0 Å². The van der Waals surface area contributed by atoms with E-state index in [1.54, 1.807) is 4.90 Å². The summed E-state index contributed by atoms with van der Waals surface area (Å²) in [5.74, 6) is 0.00964. The first kappa shape index (κ1) is 19.1. The lowest BCUT2D eigenvalue weighted by Crippen LogP contribution is -2.51. The maximum absolute atomic E-state index is 12.6. The number of carbonyl (C=O) groups excluding carboxylic acids is 2. The van der Waals surface area contributed by atoms with Crippen molar-refractivity contribution >= 4 is 11.8 Å². The van der Waals surface area contributed by atoms with E-state index in [9.17, 15) is 9.59 Å². The van der Waals surface area contributed by atoms with Gasteiger partial charge in [0.25, 0.3) is 5.91 Å². The molecule has 142 valence electrons. The van der Waals surface area contributed by atoms with Crippen molar-refractivity contribution in [3.63, 3.8) is 0 Å². The van der Waals surface area contributed by atoms with Gasteiger partial charge in [0, 0.05) is 31.7 Å². The van der Waals surface area contributed by atoms with Gasteiger partial charge in [-0.25, -0.2) is 0 Å². The van der Waals surface area contributed by atoms with E-state index in [0.29, 0.717) is 38.3 Å². The number of hydrogen-bond donors (Lipinski definition) is 0. The third-order valence-corrected chi connectivity index (χ3v) is 4.87. The average Bonchev–Trinajstić information content (AvgIpc) is 2.74. The van der Waals surface area contributed by atoms with Crippen LogP contribution in [0, 0.1) is 0 Å². The largest absolute Gasteiger partial charge is 0.367 e. The Bertz CT molecular complexity index is 751. The second-order valence-corrected chi connectivity index (χ2v) is 6.70. The summed E-state index contributed by atoms with van der Waals surface area (Å²) in [6.45, 7) is 4.80. The standard InChI is InChI=1S/C22H26N2O3/c1-2-18-8-10-20(11-9-18)22(26)24-14-12-23(13-15-24)21(25)17-27-16-19-6-4-3-5-7-19/h3-11H,2,12-17H2,1H3. The van der Waals surface area contributed by atoms with Crippen molar-refractivity contribution in [1.29, 1.82) is 0 Å². The normalized spacial score (nSPS) is 14.3. The van der Waals surface area contributed by atoms with E-state index in [1.807, 2.05) is 59.5 Å². The number of piperazine rings is 1. The molecule has 0 unspecified atom stereocenters. The van der Waals surface area contributed by atoms with Crippen LogP contribution in [0.4, 0.5) is 0 Å². The fourth-order valence-electron chi connectivity index (χ4n) is 3.15. The molecule has 1 heterocycles. The monoisotopic (exact) mass is 366 g/mol. The van der Waals surface area contributed by atoms with Crippen LogP contribution in [-0.4, -0.2) is 54.4 Å². The number of benzene rings is 2. The molecule has 0 N–H and O–H groups in total. The molecule has 3 rings (SSSR count). The fraction of sp³-hybridized carbons (Fsp3) is 0.364. The van der Waals surface area contributed by atoms with Gasteiger partial charge in [-0.05, 0) is 29.7 Å². The first-order chi connectivity index (χ1) is 13.2. The molecule has 1 aliphatic rings. The molecule has 2 aromatic rings. The minimum atomic E-state index is -0.0228. The number of nitrogens with zero attached hydrogens (tertiary/aromatic N) is 2. The lowest BCUT2D eigenvalue weighted by atomic mass is 10.1. The molecule has 2 aromatic carbocycles. The molecule has 2 amide bonds. The van der Waals surface area contributed by atoms with E-state index in [1.165, 1.54) is 5.56 Å². The highest BCUT2D eigenvalue weighted by atomic mass is 16.5. The van der Waals surface area contributed by atoms with Crippen LogP contribution in [0.1, 0.15) is 28.4 Å². The van der Waals surface area contributed by atoms with Gasteiger partial charge in [0.2, 0.25) is 5.91 Å². The molecule has 27 heavy (non-hydrogen) atoms. The van der Waals surface area contributed by atoms with Crippen LogP contribution in [0.5, 0.6) is 0 Å². The summed E-state index contributed by atoms with van der Waals surface area (Å²) < 4.78 is 5.53. The Morgan fingerprint density at radius 2 is 1.48 bits per heavy atom. The first-order valence-electron chi connectivity index (χ1n) is 9.45. The lowest BCUT2D eigenvalue weighted by molar-refractivity contribution is -0.138. The second kappa shape index (κ2) is 9.33. The van der Waals surface area contributed by atoms with E-state index < -0.39 is 0 Å². The van der Waals surface area contributed by atoms with Crippen LogP contribution in [-0.2, 0) is 22.6 Å². The smallest absolute Gasteiger partial charge is 0.253 e. The molecule has 0 aliphatic carbocycles. The quantitative estimate of drug-likeness (QED) is 0.790. The zero-order valence-corrected chi connectivity index (χ0v) is 15.8. The van der Waals surface area contributed by atoms with Gasteiger partial charge in [0.1, 0.15) is 6.61 Å². The molecular formula is C22H26N2O3. The van der Waals surface area contributed by atoms with Crippen molar-refractivity contribution in [2.75, 3.05) is 32.8 Å². The molecule has 0 saturated carbocycles. The summed E-state index contributed by atoms with van der Waals surface area (Å²) in [5.41, 5.74) is 2.98. The van der Waals surface area contributed by atoms with Gasteiger partial charge in [-0.2, -0.15) is 0 Å². The van der Waals surface area contributed by atoms with Crippen molar-refractivity contribution in [3.8, 4) is 0 Å². The molecule has 1 saturated heterocycles. The van der Waals surface area contributed by atoms with E-state index in [0.717, 1.165) is 12.0 Å². The van der Waals surface area contributed by atoms with Crippen molar-refractivity contribution in [2.45, 2.75) is 20.0 Å². The van der Waals surface area contributed by atoms with E-state index in [2.05, 4.69) is 6.92 Å². The lowest BCUT2D eigenvalue weighted by Gasteiger charge is -2.34. The molecule has 0 radical (unpaired) electrons. The minimum Gasteiger partial charge on any atom is -0.367 e. The minimum absolute atomic E-state index is 0.0228. The highest BCUT2D eigenvalue weighted by Gasteiger charge is 2.24. The molecule has 5 heteroatoms. The van der Waals surface area contributed by atoms with Gasteiger partial charge >= 0.3 is 0 Å². The van der Waals surface area contributed by atoms with E-state index >= 15 is 0 Å². The van der Waals surface area contributed by atoms with Gasteiger partial charge in [0.05, 0.1) is 6.61 Å². The Morgan fingerprint density at radius 3 is 2.11 bits per heavy atom. The SMILES string of the molecule is CCc1ccc(C(=O)N2CCN(C(=O)COCc3ccccc3)CC2)cc1. The Labute approximate surface area is 160 Å². The number of ether oxygens (including phenoxy) is 1. The summed E-state index contributed by atoms with van der Waals surface area (Å²) in [7, 11) is 0. The predicted molar refractivity (Wildman–Crippen MR) is 104 cm³/mol. The van der Waals surface area contributed by atoms with Crippen molar-refractivity contribution in [1.82, 2.24) is 9.80 Å². The third kappa shape index (κ3) is 5.17. The van der Waals surface area contributed by atoms with Crippen molar-refractivity contribution < 1.29 is 14.3 Å². The zero-order chi connectivity index (χ0) is 19.1. The topological polar surface area (TPSA) is 49.9 Å². The van der Waals surface area contributed by atoms with Crippen LogP contribution < -0.4 is 0 Å². The van der Waals surface area contributed by atoms with E-state index in [-0.39, 0.29) is 18.4 Å². The Hall–Kier alpha value is -2.66. The molecule has 1 fully saturated rings. The maximum atomic E-state index is 12.6. The molecule has 5 nitrogen and oxygen atoms in total. The predicted octanol–water partition coefficient (Wildman–Crippen LogP) is 2.75. The third-order valence-electron chi connectivity index (χ3n) is 4.87. The Balaban J connectivity index is 1.43. The first-order valence-corrected chi connectivity index (χ1v) is 9.45. The molecular weight excluding hydrogens is 340 g/mol. The highest BCUT2D eigenvalue weighted by Crippen LogP contribution is 2.11. The number of hydrogen-bond acceptors (Lipinski definition) is 3. The van der Waals surface area contributed by atoms with Gasteiger partial charge < -0.3 is 14.5 Å². The molecule has 0 atom stereocenters. The zero-order valence-electron chi connectivity index (χ0n) is 15.8. The number of aryl methyl sites for hydroxylation is 1. The maximum Gasteiger partial charge on any atom is 0.253 e. The van der Waals surface area contributed by atoms with Crippen LogP contribution in [0.15, 0.2) is 54.6 Å². The van der Waals surface area contributed by atoms with Crippen LogP contribution in [0.3, 0.4) is 0 Å². The van der Waals surface area contributed by atoms with Crippen molar-refractivity contribution in [3.05, 3.63) is 71.3 Å². The van der Waals surface area contributed by atoms with E-state index in [4.69, 9.17) is 4.74 Å². The van der Waals surface area contributed by atoms with Crippen LogP contribution >= 0.6 is 0 Å². The average molecular weight is 366 g/mol. The Morgan fingerprint density at radius 1 is 0.852 bits per heavy atom. The molecule has 0 aromatic heterocycles. The summed E-state index contributed by atoms with van der Waals surface area (Å²) in [5, 5.41) is 0. The summed E-state index contributed by atoms with van der Waals surface area (Å²) in [4.78, 5) is 28.5. The number of carbonyl (C=O) groups is 2. The molecule has 0 bridgehead atoms. The van der Waals surface area contributed by atoms with Gasteiger partial charge in [-0.15, -0.1) is 0 Å². The summed E-state index contributed by atoms with van der Waals surface area (Å²) in [6, 6.07) is 17.6. The fourth-order valence-corrected chi connectivity index (χ4v) is 3.15. The number of rotatable bonds is 6. The van der Waals surface area contributed by atoms with Gasteiger partial charge in [-0.3, -0.25) is 9.59 Å². The summed E-state index contributed by atoms with van der Waals surface area (Å²) in [6.07, 6.45) is 0.960. The molecule has 1 aliphatic heterocycles. The van der Waals surface area contributed by atoms with Gasteiger partial charge in [0.15, 0.2) is 0 Å². The molecule has 0 spiro atoms. The summed E-state index contributed by atoms with van der Waals surface area (Å²) >= 11 is 0.